The highest BCUT2D eigenvalue weighted by atomic mass is 32.2. The van der Waals surface area contributed by atoms with Gasteiger partial charge >= 0.3 is 0 Å². The molecule has 0 amide bonds. The molecule has 0 aliphatic heterocycles. The van der Waals surface area contributed by atoms with Crippen molar-refractivity contribution in [1.82, 2.24) is 9.71 Å². The zero-order chi connectivity index (χ0) is 13.0. The second-order valence-electron chi connectivity index (χ2n) is 3.48. The summed E-state index contributed by atoms with van der Waals surface area (Å²) in [7, 11) is -3.55. The van der Waals surface area contributed by atoms with Gasteiger partial charge in [-0.25, -0.2) is 24.0 Å². The molecule has 0 aliphatic carbocycles. The van der Waals surface area contributed by atoms with E-state index in [4.69, 9.17) is 5.84 Å². The smallest absolute Gasteiger partial charge is 0.241 e. The van der Waals surface area contributed by atoms with Gasteiger partial charge in [0.2, 0.25) is 10.0 Å². The standard InChI is InChI=1S/C10H12N4O2S2/c11-14-10-5-9(1-3-12-10)18(15,16)13-6-8-2-4-17-7-8/h1-5,7,13H,6,11H2,(H,12,14). The van der Waals surface area contributed by atoms with Crippen LogP contribution in [0.3, 0.4) is 0 Å². The Labute approximate surface area is 109 Å². The summed E-state index contributed by atoms with van der Waals surface area (Å²) in [5, 5.41) is 3.79. The van der Waals surface area contributed by atoms with Crippen LogP contribution < -0.4 is 16.0 Å². The van der Waals surface area contributed by atoms with Crippen molar-refractivity contribution < 1.29 is 8.42 Å². The van der Waals surface area contributed by atoms with Crippen LogP contribution in [0.5, 0.6) is 0 Å². The Kier molecular flexibility index (Phi) is 3.92. The third kappa shape index (κ3) is 3.05. The molecule has 2 aromatic rings. The number of nitrogens with one attached hydrogen (secondary N) is 2. The van der Waals surface area contributed by atoms with E-state index in [2.05, 4.69) is 15.1 Å². The van der Waals surface area contributed by atoms with Crippen molar-refractivity contribution in [2.75, 3.05) is 5.43 Å². The molecule has 8 heteroatoms. The van der Waals surface area contributed by atoms with Crippen LogP contribution in [0, 0.1) is 0 Å². The number of pyridine rings is 1. The summed E-state index contributed by atoms with van der Waals surface area (Å²) in [5.74, 6) is 5.49. The van der Waals surface area contributed by atoms with Crippen molar-refractivity contribution in [2.24, 2.45) is 5.84 Å². The van der Waals surface area contributed by atoms with E-state index in [-0.39, 0.29) is 11.4 Å². The third-order valence-corrected chi connectivity index (χ3v) is 4.37. The molecular weight excluding hydrogens is 272 g/mol. The van der Waals surface area contributed by atoms with Gasteiger partial charge in [0, 0.05) is 18.8 Å². The largest absolute Gasteiger partial charge is 0.308 e. The van der Waals surface area contributed by atoms with Gasteiger partial charge in [-0.3, -0.25) is 0 Å². The monoisotopic (exact) mass is 284 g/mol. The molecule has 96 valence electrons. The summed E-state index contributed by atoms with van der Waals surface area (Å²) in [4.78, 5) is 3.98. The molecule has 0 saturated heterocycles. The first-order valence-corrected chi connectivity index (χ1v) is 7.48. The highest BCUT2D eigenvalue weighted by Crippen LogP contribution is 2.13. The number of hydrogen-bond donors (Lipinski definition) is 3. The van der Waals surface area contributed by atoms with Crippen LogP contribution in [0.2, 0.25) is 0 Å². The second kappa shape index (κ2) is 5.44. The lowest BCUT2D eigenvalue weighted by Gasteiger charge is -2.06. The van der Waals surface area contributed by atoms with Gasteiger partial charge in [0.25, 0.3) is 0 Å². The Bertz CT molecular complexity index is 611. The molecule has 2 rings (SSSR count). The van der Waals surface area contributed by atoms with Crippen LogP contribution >= 0.6 is 11.3 Å². The first-order chi connectivity index (χ1) is 8.62. The summed E-state index contributed by atoms with van der Waals surface area (Å²) in [6.07, 6.45) is 1.38. The molecule has 2 heterocycles. The normalized spacial score (nSPS) is 11.4. The van der Waals surface area contributed by atoms with E-state index in [0.717, 1.165) is 5.56 Å². The quantitative estimate of drug-likeness (QED) is 0.560. The van der Waals surface area contributed by atoms with Crippen molar-refractivity contribution in [3.63, 3.8) is 0 Å². The molecule has 0 aliphatic rings. The SMILES string of the molecule is NNc1cc(S(=O)(=O)NCc2ccsc2)ccn1. The summed E-state index contributed by atoms with van der Waals surface area (Å²) in [5.41, 5.74) is 3.23. The first kappa shape index (κ1) is 13.0. The number of rotatable bonds is 5. The van der Waals surface area contributed by atoms with Crippen molar-refractivity contribution in [2.45, 2.75) is 11.4 Å². The lowest BCUT2D eigenvalue weighted by molar-refractivity contribution is 0.581. The van der Waals surface area contributed by atoms with Gasteiger partial charge in [-0.15, -0.1) is 0 Å². The predicted molar refractivity (Wildman–Crippen MR) is 70.4 cm³/mol. The zero-order valence-electron chi connectivity index (χ0n) is 9.33. The van der Waals surface area contributed by atoms with E-state index in [0.29, 0.717) is 5.82 Å². The maximum Gasteiger partial charge on any atom is 0.241 e. The number of aromatic nitrogens is 1. The summed E-state index contributed by atoms with van der Waals surface area (Å²) < 4.78 is 26.5. The third-order valence-electron chi connectivity index (χ3n) is 2.24. The van der Waals surface area contributed by atoms with Gasteiger partial charge in [-0.1, -0.05) is 0 Å². The number of sulfonamides is 1. The highest BCUT2D eigenvalue weighted by molar-refractivity contribution is 7.89. The van der Waals surface area contributed by atoms with Crippen LogP contribution in [0.1, 0.15) is 5.56 Å². The fraction of sp³-hybridized carbons (Fsp3) is 0.100. The molecule has 2 aromatic heterocycles. The van der Waals surface area contributed by atoms with Crippen molar-refractivity contribution >= 4 is 27.2 Å². The molecule has 0 fully saturated rings. The van der Waals surface area contributed by atoms with E-state index in [1.54, 1.807) is 0 Å². The van der Waals surface area contributed by atoms with Crippen molar-refractivity contribution in [3.05, 3.63) is 40.7 Å². The van der Waals surface area contributed by atoms with Crippen LogP contribution in [0.25, 0.3) is 0 Å². The molecule has 6 nitrogen and oxygen atoms in total. The molecule has 4 N–H and O–H groups in total. The van der Waals surface area contributed by atoms with Crippen LogP contribution in [-0.4, -0.2) is 13.4 Å². The summed E-state index contributed by atoms with van der Waals surface area (Å²) in [6, 6.07) is 4.65. The number of hydrazine groups is 1. The number of anilines is 1. The van der Waals surface area contributed by atoms with E-state index in [1.165, 1.54) is 29.7 Å². The average molecular weight is 284 g/mol. The molecule has 0 atom stereocenters. The van der Waals surface area contributed by atoms with E-state index < -0.39 is 10.0 Å². The Morgan fingerprint density at radius 3 is 2.89 bits per heavy atom. The minimum absolute atomic E-state index is 0.126. The van der Waals surface area contributed by atoms with Crippen molar-refractivity contribution in [1.29, 1.82) is 0 Å². The number of nitrogen functional groups attached to an aromatic ring is 1. The average Bonchev–Trinajstić information content (AvgIpc) is 2.90. The summed E-state index contributed by atoms with van der Waals surface area (Å²) in [6.45, 7) is 0.263. The van der Waals surface area contributed by atoms with Gasteiger partial charge < -0.3 is 5.43 Å². The van der Waals surface area contributed by atoms with Crippen LogP contribution in [0.15, 0.2) is 40.1 Å². The predicted octanol–water partition coefficient (Wildman–Crippen LogP) is 0.907. The fourth-order valence-electron chi connectivity index (χ4n) is 1.31. The number of thiophene rings is 1. The van der Waals surface area contributed by atoms with Crippen molar-refractivity contribution in [3.8, 4) is 0 Å². The number of nitrogens with two attached hydrogens (primary N) is 1. The lowest BCUT2D eigenvalue weighted by Crippen LogP contribution is -2.23. The number of nitrogens with zero attached hydrogens (tertiary/aromatic N) is 1. The first-order valence-electron chi connectivity index (χ1n) is 5.05. The fourth-order valence-corrected chi connectivity index (χ4v) is 3.01. The molecule has 18 heavy (non-hydrogen) atoms. The van der Waals surface area contributed by atoms with Crippen LogP contribution in [-0.2, 0) is 16.6 Å². The van der Waals surface area contributed by atoms with E-state index >= 15 is 0 Å². The Hall–Kier alpha value is -1.48. The van der Waals surface area contributed by atoms with Gasteiger partial charge in [0.05, 0.1) is 4.90 Å². The van der Waals surface area contributed by atoms with Gasteiger partial charge in [-0.05, 0) is 28.5 Å². The lowest BCUT2D eigenvalue weighted by atomic mass is 10.4. The molecule has 0 saturated carbocycles. The number of hydrogen-bond acceptors (Lipinski definition) is 6. The topological polar surface area (TPSA) is 97.1 Å². The Morgan fingerprint density at radius 1 is 1.39 bits per heavy atom. The molecule has 0 spiro atoms. The van der Waals surface area contributed by atoms with Crippen LogP contribution in [0.4, 0.5) is 5.82 Å². The van der Waals surface area contributed by atoms with Gasteiger partial charge in [0.15, 0.2) is 0 Å². The Balaban J connectivity index is 2.14. The Morgan fingerprint density at radius 2 is 2.22 bits per heavy atom. The molecule has 0 radical (unpaired) electrons. The van der Waals surface area contributed by atoms with E-state index in [1.807, 2.05) is 16.8 Å². The molecule has 0 unspecified atom stereocenters. The van der Waals surface area contributed by atoms with E-state index in [9.17, 15) is 8.42 Å². The summed E-state index contributed by atoms with van der Waals surface area (Å²) >= 11 is 1.52. The maximum absolute atomic E-state index is 12.0. The molecule has 0 aromatic carbocycles. The maximum atomic E-state index is 12.0. The minimum atomic E-state index is -3.55. The second-order valence-corrected chi connectivity index (χ2v) is 6.02. The minimum Gasteiger partial charge on any atom is -0.308 e. The van der Waals surface area contributed by atoms with Gasteiger partial charge in [0.1, 0.15) is 5.82 Å². The molecule has 0 bridgehead atoms. The highest BCUT2D eigenvalue weighted by Gasteiger charge is 2.14. The zero-order valence-corrected chi connectivity index (χ0v) is 11.0. The van der Waals surface area contributed by atoms with Gasteiger partial charge in [-0.2, -0.15) is 11.3 Å². The molecular formula is C10H12N4O2S2.